The number of anilines is 1. The summed E-state index contributed by atoms with van der Waals surface area (Å²) in [5, 5.41) is 2.86. The van der Waals surface area contributed by atoms with Gasteiger partial charge in [0.05, 0.1) is 10.3 Å². The van der Waals surface area contributed by atoms with E-state index in [1.807, 2.05) is 12.1 Å². The van der Waals surface area contributed by atoms with Crippen molar-refractivity contribution in [2.24, 2.45) is 0 Å². The molecule has 0 atom stereocenters. The van der Waals surface area contributed by atoms with Crippen molar-refractivity contribution >= 4 is 54.8 Å². The summed E-state index contributed by atoms with van der Waals surface area (Å²) in [6.45, 7) is 0.519. The third-order valence-corrected chi connectivity index (χ3v) is 4.66. The molecule has 2 aromatic rings. The maximum absolute atomic E-state index is 11.9. The first-order valence-corrected chi connectivity index (χ1v) is 7.54. The number of nitrogens with two attached hydrogens (primary N) is 1. The van der Waals surface area contributed by atoms with Crippen molar-refractivity contribution in [3.05, 3.63) is 49.0 Å². The predicted molar refractivity (Wildman–Crippen MR) is 81.7 cm³/mol. The van der Waals surface area contributed by atoms with Crippen molar-refractivity contribution in [2.75, 3.05) is 5.73 Å². The van der Waals surface area contributed by atoms with E-state index in [-0.39, 0.29) is 5.91 Å². The number of hydrogen-bond donors (Lipinski definition) is 2. The molecule has 1 heterocycles. The number of benzene rings is 1. The standard InChI is InChI=1S/C12H10Br2N2OS/c13-9-3-1-7(5-10(9)15)12(17)16-6-8-2-4-11(14)18-8/h1-5H,6,15H2,(H,16,17). The van der Waals surface area contributed by atoms with E-state index in [9.17, 15) is 4.79 Å². The van der Waals surface area contributed by atoms with Crippen molar-refractivity contribution in [3.8, 4) is 0 Å². The molecule has 0 unspecified atom stereocenters. The summed E-state index contributed by atoms with van der Waals surface area (Å²) in [5.74, 6) is -0.126. The summed E-state index contributed by atoms with van der Waals surface area (Å²) in [5.41, 5.74) is 6.86. The maximum Gasteiger partial charge on any atom is 0.251 e. The molecule has 0 bridgehead atoms. The second-order valence-corrected chi connectivity index (χ2v) is 7.03. The minimum atomic E-state index is -0.126. The second-order valence-electron chi connectivity index (χ2n) is 3.62. The van der Waals surface area contributed by atoms with Gasteiger partial charge in [0.2, 0.25) is 0 Å². The first kappa shape index (κ1) is 13.6. The summed E-state index contributed by atoms with van der Waals surface area (Å²) in [4.78, 5) is 13.0. The van der Waals surface area contributed by atoms with Crippen LogP contribution in [0.25, 0.3) is 0 Å². The highest BCUT2D eigenvalue weighted by atomic mass is 79.9. The van der Waals surface area contributed by atoms with Gasteiger partial charge in [-0.15, -0.1) is 11.3 Å². The SMILES string of the molecule is Nc1cc(C(=O)NCc2ccc(Br)s2)ccc1Br. The summed E-state index contributed by atoms with van der Waals surface area (Å²) in [6, 6.07) is 9.10. The number of rotatable bonds is 3. The van der Waals surface area contributed by atoms with E-state index in [0.717, 1.165) is 13.1 Å². The van der Waals surface area contributed by atoms with Gasteiger partial charge in [-0.25, -0.2) is 0 Å². The van der Waals surface area contributed by atoms with Crippen molar-refractivity contribution < 1.29 is 4.79 Å². The Balaban J connectivity index is 2.01. The number of thiophene rings is 1. The minimum Gasteiger partial charge on any atom is -0.398 e. The van der Waals surface area contributed by atoms with E-state index in [1.54, 1.807) is 29.5 Å². The average molecular weight is 390 g/mol. The zero-order valence-corrected chi connectivity index (χ0v) is 13.2. The van der Waals surface area contributed by atoms with Crippen LogP contribution in [0, 0.1) is 0 Å². The van der Waals surface area contributed by atoms with Gasteiger partial charge >= 0.3 is 0 Å². The molecule has 1 aromatic heterocycles. The van der Waals surface area contributed by atoms with Crippen LogP contribution in [0.3, 0.4) is 0 Å². The van der Waals surface area contributed by atoms with Crippen molar-refractivity contribution in [1.82, 2.24) is 5.32 Å². The molecule has 6 heteroatoms. The molecule has 18 heavy (non-hydrogen) atoms. The van der Waals surface area contributed by atoms with Gasteiger partial charge in [0.15, 0.2) is 0 Å². The third-order valence-electron chi connectivity index (χ3n) is 2.31. The van der Waals surface area contributed by atoms with Gasteiger partial charge in [-0.2, -0.15) is 0 Å². The molecule has 3 N–H and O–H groups in total. The third kappa shape index (κ3) is 3.34. The maximum atomic E-state index is 11.9. The Morgan fingerprint density at radius 1 is 1.28 bits per heavy atom. The Morgan fingerprint density at radius 3 is 2.67 bits per heavy atom. The van der Waals surface area contributed by atoms with Crippen molar-refractivity contribution in [2.45, 2.75) is 6.54 Å². The molecule has 0 saturated carbocycles. The molecule has 0 fully saturated rings. The van der Waals surface area contributed by atoms with E-state index in [2.05, 4.69) is 37.2 Å². The number of carbonyl (C=O) groups is 1. The summed E-state index contributed by atoms with van der Waals surface area (Å²) >= 11 is 8.28. The lowest BCUT2D eigenvalue weighted by molar-refractivity contribution is 0.0951. The lowest BCUT2D eigenvalue weighted by Crippen LogP contribution is -2.22. The van der Waals surface area contributed by atoms with Crippen molar-refractivity contribution in [3.63, 3.8) is 0 Å². The molecular weight excluding hydrogens is 380 g/mol. The molecule has 1 aromatic carbocycles. The van der Waals surface area contributed by atoms with Gasteiger partial charge in [0, 0.05) is 20.6 Å². The topological polar surface area (TPSA) is 55.1 Å². The van der Waals surface area contributed by atoms with E-state index >= 15 is 0 Å². The molecule has 0 radical (unpaired) electrons. The van der Waals surface area contributed by atoms with Crippen molar-refractivity contribution in [1.29, 1.82) is 0 Å². The first-order chi connectivity index (χ1) is 8.56. The smallest absolute Gasteiger partial charge is 0.251 e. The van der Waals surface area contributed by atoms with E-state index in [1.165, 1.54) is 0 Å². The molecule has 0 spiro atoms. The number of amides is 1. The molecule has 0 aliphatic heterocycles. The lowest BCUT2D eigenvalue weighted by atomic mass is 10.2. The highest BCUT2D eigenvalue weighted by Gasteiger charge is 2.07. The number of nitrogen functional groups attached to an aromatic ring is 1. The fourth-order valence-corrected chi connectivity index (χ4v) is 3.07. The second kappa shape index (κ2) is 5.86. The van der Waals surface area contributed by atoms with Crippen LogP contribution in [0.15, 0.2) is 38.6 Å². The van der Waals surface area contributed by atoms with E-state index < -0.39 is 0 Å². The molecule has 0 aliphatic rings. The Bertz CT molecular complexity index is 583. The van der Waals surface area contributed by atoms with Crippen LogP contribution in [-0.2, 0) is 6.54 Å². The fraction of sp³-hybridized carbons (Fsp3) is 0.0833. The zero-order chi connectivity index (χ0) is 13.1. The molecule has 3 nitrogen and oxygen atoms in total. The van der Waals surface area contributed by atoms with Crippen LogP contribution >= 0.6 is 43.2 Å². The lowest BCUT2D eigenvalue weighted by Gasteiger charge is -2.05. The average Bonchev–Trinajstić information content (AvgIpc) is 2.75. The van der Waals surface area contributed by atoms with Gasteiger partial charge in [-0.05, 0) is 62.2 Å². The number of halogens is 2. The van der Waals surface area contributed by atoms with E-state index in [0.29, 0.717) is 17.8 Å². The van der Waals surface area contributed by atoms with Crippen LogP contribution in [0.5, 0.6) is 0 Å². The Morgan fingerprint density at radius 2 is 2.06 bits per heavy atom. The van der Waals surface area contributed by atoms with Gasteiger partial charge < -0.3 is 11.1 Å². The molecule has 0 saturated heterocycles. The Hall–Kier alpha value is -0.850. The predicted octanol–water partition coefficient (Wildman–Crippen LogP) is 3.79. The van der Waals surface area contributed by atoms with Crippen LogP contribution in [0.1, 0.15) is 15.2 Å². The molecular formula is C12H10Br2N2OS. The fourth-order valence-electron chi connectivity index (χ4n) is 1.40. The highest BCUT2D eigenvalue weighted by molar-refractivity contribution is 9.11. The zero-order valence-electron chi connectivity index (χ0n) is 9.24. The molecule has 2 rings (SSSR count). The van der Waals surface area contributed by atoms with Crippen LogP contribution in [0.4, 0.5) is 5.69 Å². The van der Waals surface area contributed by atoms with Gasteiger partial charge in [-0.3, -0.25) is 4.79 Å². The number of carbonyl (C=O) groups excluding carboxylic acids is 1. The van der Waals surface area contributed by atoms with Crippen LogP contribution in [-0.4, -0.2) is 5.91 Å². The first-order valence-electron chi connectivity index (χ1n) is 5.13. The monoisotopic (exact) mass is 388 g/mol. The summed E-state index contributed by atoms with van der Waals surface area (Å²) in [7, 11) is 0. The largest absolute Gasteiger partial charge is 0.398 e. The Kier molecular flexibility index (Phi) is 4.42. The number of hydrogen-bond acceptors (Lipinski definition) is 3. The minimum absolute atomic E-state index is 0.126. The summed E-state index contributed by atoms with van der Waals surface area (Å²) in [6.07, 6.45) is 0. The molecule has 0 aliphatic carbocycles. The van der Waals surface area contributed by atoms with Gasteiger partial charge in [0.1, 0.15) is 0 Å². The summed E-state index contributed by atoms with van der Waals surface area (Å²) < 4.78 is 1.85. The highest BCUT2D eigenvalue weighted by Crippen LogP contribution is 2.22. The normalized spacial score (nSPS) is 10.3. The quantitative estimate of drug-likeness (QED) is 0.784. The molecule has 94 valence electrons. The van der Waals surface area contributed by atoms with Crippen LogP contribution in [0.2, 0.25) is 0 Å². The van der Waals surface area contributed by atoms with Gasteiger partial charge in [-0.1, -0.05) is 0 Å². The van der Waals surface area contributed by atoms with Crippen LogP contribution < -0.4 is 11.1 Å². The molecule has 1 amide bonds. The number of nitrogens with one attached hydrogen (secondary N) is 1. The van der Waals surface area contributed by atoms with Gasteiger partial charge in [0.25, 0.3) is 5.91 Å². The Labute approximate surface area is 126 Å². The van der Waals surface area contributed by atoms with E-state index in [4.69, 9.17) is 5.73 Å².